The monoisotopic (exact) mass is 334 g/mol. The van der Waals surface area contributed by atoms with Crippen molar-refractivity contribution in [1.82, 2.24) is 15.0 Å². The second-order valence-electron chi connectivity index (χ2n) is 5.31. The minimum absolute atomic E-state index is 0.265. The van der Waals surface area contributed by atoms with Gasteiger partial charge >= 0.3 is 0 Å². The van der Waals surface area contributed by atoms with Crippen LogP contribution in [0.3, 0.4) is 0 Å². The summed E-state index contributed by atoms with van der Waals surface area (Å²) < 4.78 is 0. The molecule has 3 aromatic rings. The number of rotatable bonds is 5. The van der Waals surface area contributed by atoms with Gasteiger partial charge in [-0.05, 0) is 43.3 Å². The Morgan fingerprint density at radius 2 is 1.96 bits per heavy atom. The first-order valence-corrected chi connectivity index (χ1v) is 7.86. The average Bonchev–Trinajstić information content (AvgIpc) is 2.63. The summed E-state index contributed by atoms with van der Waals surface area (Å²) in [5, 5.41) is 5.86. The first kappa shape index (κ1) is 16.4. The summed E-state index contributed by atoms with van der Waals surface area (Å²) >= 11 is 0. The standard InChI is InChI=1S/C18H18N6O/c1-2-21-18-22-15(13-4-3-9-20-11-13)10-16(24-18)23-17(25)12-5-7-14(19)8-6-12/h3-11H,2,19H2,1H3,(H2,21,22,23,24,25). The topological polar surface area (TPSA) is 106 Å². The van der Waals surface area contributed by atoms with Crippen molar-refractivity contribution >= 4 is 23.4 Å². The van der Waals surface area contributed by atoms with Gasteiger partial charge in [-0.15, -0.1) is 0 Å². The third-order valence-corrected chi connectivity index (χ3v) is 3.43. The summed E-state index contributed by atoms with van der Waals surface area (Å²) in [6.45, 7) is 2.62. The number of anilines is 3. The smallest absolute Gasteiger partial charge is 0.256 e. The zero-order valence-corrected chi connectivity index (χ0v) is 13.7. The fourth-order valence-electron chi connectivity index (χ4n) is 2.23. The summed E-state index contributed by atoms with van der Waals surface area (Å²) in [6, 6.07) is 12.1. The number of nitrogens with one attached hydrogen (secondary N) is 2. The van der Waals surface area contributed by atoms with Crippen LogP contribution in [0.4, 0.5) is 17.5 Å². The molecule has 0 spiro atoms. The SMILES string of the molecule is CCNc1nc(NC(=O)c2ccc(N)cc2)cc(-c2cccnc2)n1. The molecule has 0 bridgehead atoms. The number of aromatic nitrogens is 3. The number of nitrogens with zero attached hydrogens (tertiary/aromatic N) is 3. The van der Waals surface area contributed by atoms with Gasteiger partial charge < -0.3 is 16.4 Å². The lowest BCUT2D eigenvalue weighted by molar-refractivity contribution is 0.102. The quantitative estimate of drug-likeness (QED) is 0.620. The molecule has 0 aliphatic rings. The highest BCUT2D eigenvalue weighted by atomic mass is 16.1. The molecule has 0 atom stereocenters. The highest BCUT2D eigenvalue weighted by molar-refractivity contribution is 6.04. The molecule has 1 amide bonds. The van der Waals surface area contributed by atoms with Gasteiger partial charge in [0.15, 0.2) is 0 Å². The van der Waals surface area contributed by atoms with Gasteiger partial charge in [-0.3, -0.25) is 9.78 Å². The average molecular weight is 334 g/mol. The Morgan fingerprint density at radius 3 is 2.64 bits per heavy atom. The number of nitrogen functional groups attached to an aromatic ring is 1. The number of carbonyl (C=O) groups excluding carboxylic acids is 1. The van der Waals surface area contributed by atoms with Gasteiger partial charge in [-0.1, -0.05) is 0 Å². The molecular formula is C18H18N6O. The Bertz CT molecular complexity index is 864. The van der Waals surface area contributed by atoms with E-state index in [1.807, 2.05) is 19.1 Å². The lowest BCUT2D eigenvalue weighted by Gasteiger charge is -2.10. The zero-order chi connectivity index (χ0) is 17.6. The van der Waals surface area contributed by atoms with Crippen LogP contribution in [0.15, 0.2) is 54.9 Å². The van der Waals surface area contributed by atoms with Crippen molar-refractivity contribution in [1.29, 1.82) is 0 Å². The van der Waals surface area contributed by atoms with E-state index in [0.717, 1.165) is 5.56 Å². The molecule has 126 valence electrons. The molecule has 7 nitrogen and oxygen atoms in total. The Balaban J connectivity index is 1.90. The maximum absolute atomic E-state index is 12.4. The van der Waals surface area contributed by atoms with Gasteiger partial charge in [0.1, 0.15) is 5.82 Å². The Morgan fingerprint density at radius 1 is 1.16 bits per heavy atom. The molecule has 25 heavy (non-hydrogen) atoms. The van der Waals surface area contributed by atoms with E-state index in [-0.39, 0.29) is 5.91 Å². The van der Waals surface area contributed by atoms with Crippen molar-refractivity contribution in [3.63, 3.8) is 0 Å². The maximum Gasteiger partial charge on any atom is 0.256 e. The number of hydrogen-bond acceptors (Lipinski definition) is 6. The van der Waals surface area contributed by atoms with Crippen LogP contribution < -0.4 is 16.4 Å². The van der Waals surface area contributed by atoms with Crippen LogP contribution >= 0.6 is 0 Å². The molecule has 0 saturated heterocycles. The summed E-state index contributed by atoms with van der Waals surface area (Å²) in [5.74, 6) is 0.585. The van der Waals surface area contributed by atoms with Crippen LogP contribution in [0, 0.1) is 0 Å². The molecule has 2 aromatic heterocycles. The van der Waals surface area contributed by atoms with Crippen LogP contribution in [0.5, 0.6) is 0 Å². The molecular weight excluding hydrogens is 316 g/mol. The third kappa shape index (κ3) is 4.08. The van der Waals surface area contributed by atoms with E-state index in [0.29, 0.717) is 35.3 Å². The largest absolute Gasteiger partial charge is 0.399 e. The summed E-state index contributed by atoms with van der Waals surface area (Å²) in [6.07, 6.45) is 3.41. The number of nitrogens with two attached hydrogens (primary N) is 1. The van der Waals surface area contributed by atoms with Gasteiger partial charge in [-0.2, -0.15) is 4.98 Å². The van der Waals surface area contributed by atoms with Crippen molar-refractivity contribution in [3.05, 3.63) is 60.4 Å². The van der Waals surface area contributed by atoms with Crippen LogP contribution in [-0.4, -0.2) is 27.4 Å². The predicted octanol–water partition coefficient (Wildman–Crippen LogP) is 2.80. The summed E-state index contributed by atoms with van der Waals surface area (Å²) in [4.78, 5) is 25.3. The lowest BCUT2D eigenvalue weighted by Crippen LogP contribution is -2.14. The lowest BCUT2D eigenvalue weighted by atomic mass is 10.2. The van der Waals surface area contributed by atoms with E-state index < -0.39 is 0 Å². The molecule has 0 aliphatic carbocycles. The second kappa shape index (κ2) is 7.39. The summed E-state index contributed by atoms with van der Waals surface area (Å²) in [7, 11) is 0. The van der Waals surface area contributed by atoms with Gasteiger partial charge in [0, 0.05) is 41.8 Å². The van der Waals surface area contributed by atoms with Crippen molar-refractivity contribution in [3.8, 4) is 11.3 Å². The number of carbonyl (C=O) groups is 1. The number of hydrogen-bond donors (Lipinski definition) is 3. The predicted molar refractivity (Wildman–Crippen MR) is 98.2 cm³/mol. The van der Waals surface area contributed by atoms with E-state index >= 15 is 0 Å². The molecule has 7 heteroatoms. The number of amides is 1. The number of benzene rings is 1. The van der Waals surface area contributed by atoms with E-state index in [2.05, 4.69) is 25.6 Å². The van der Waals surface area contributed by atoms with E-state index in [1.54, 1.807) is 42.7 Å². The van der Waals surface area contributed by atoms with Crippen molar-refractivity contribution < 1.29 is 4.79 Å². The molecule has 3 rings (SSSR count). The van der Waals surface area contributed by atoms with Crippen LogP contribution in [0.25, 0.3) is 11.3 Å². The highest BCUT2D eigenvalue weighted by Crippen LogP contribution is 2.21. The highest BCUT2D eigenvalue weighted by Gasteiger charge is 2.11. The molecule has 4 N–H and O–H groups in total. The minimum Gasteiger partial charge on any atom is -0.399 e. The first-order chi connectivity index (χ1) is 12.2. The molecule has 0 aliphatic heterocycles. The Hall–Kier alpha value is -3.48. The Kier molecular flexibility index (Phi) is 4.84. The van der Waals surface area contributed by atoms with Crippen LogP contribution in [0.1, 0.15) is 17.3 Å². The molecule has 0 unspecified atom stereocenters. The van der Waals surface area contributed by atoms with Crippen LogP contribution in [-0.2, 0) is 0 Å². The maximum atomic E-state index is 12.4. The van der Waals surface area contributed by atoms with Gasteiger partial charge in [0.25, 0.3) is 5.91 Å². The summed E-state index contributed by atoms with van der Waals surface area (Å²) in [5.41, 5.74) is 8.27. The van der Waals surface area contributed by atoms with Gasteiger partial charge in [0.2, 0.25) is 5.95 Å². The van der Waals surface area contributed by atoms with Gasteiger partial charge in [0.05, 0.1) is 5.69 Å². The van der Waals surface area contributed by atoms with Crippen molar-refractivity contribution in [2.45, 2.75) is 6.92 Å². The molecule has 0 fully saturated rings. The molecule has 0 radical (unpaired) electrons. The molecule has 2 heterocycles. The fraction of sp³-hybridized carbons (Fsp3) is 0.111. The molecule has 1 aromatic carbocycles. The first-order valence-electron chi connectivity index (χ1n) is 7.86. The second-order valence-corrected chi connectivity index (χ2v) is 5.31. The fourth-order valence-corrected chi connectivity index (χ4v) is 2.23. The normalized spacial score (nSPS) is 10.3. The van der Waals surface area contributed by atoms with Crippen molar-refractivity contribution in [2.75, 3.05) is 22.9 Å². The third-order valence-electron chi connectivity index (χ3n) is 3.43. The Labute approximate surface area is 145 Å². The van der Waals surface area contributed by atoms with E-state index in [9.17, 15) is 4.79 Å². The zero-order valence-electron chi connectivity index (χ0n) is 13.7. The number of pyridine rings is 1. The minimum atomic E-state index is -0.265. The van der Waals surface area contributed by atoms with Crippen LogP contribution in [0.2, 0.25) is 0 Å². The van der Waals surface area contributed by atoms with Gasteiger partial charge in [-0.25, -0.2) is 4.98 Å². The van der Waals surface area contributed by atoms with E-state index in [4.69, 9.17) is 5.73 Å². The van der Waals surface area contributed by atoms with E-state index in [1.165, 1.54) is 0 Å². The van der Waals surface area contributed by atoms with Crippen molar-refractivity contribution in [2.24, 2.45) is 0 Å². The molecule has 0 saturated carbocycles.